The highest BCUT2D eigenvalue weighted by molar-refractivity contribution is 5.91. The Balaban J connectivity index is 2.13. The van der Waals surface area contributed by atoms with Gasteiger partial charge in [0.1, 0.15) is 5.75 Å². The Hall–Kier alpha value is -2.88. The van der Waals surface area contributed by atoms with Crippen molar-refractivity contribution in [3.05, 3.63) is 60.3 Å². The lowest BCUT2D eigenvalue weighted by Crippen LogP contribution is -1.95. The van der Waals surface area contributed by atoms with Crippen LogP contribution in [0.15, 0.2) is 54.7 Å². The summed E-state index contributed by atoms with van der Waals surface area (Å²) in [5.74, 6) is -1.11. The van der Waals surface area contributed by atoms with Crippen LogP contribution in [-0.2, 0) is 0 Å². The zero-order valence-corrected chi connectivity index (χ0v) is 10.4. The van der Waals surface area contributed by atoms with Crippen molar-refractivity contribution >= 4 is 16.9 Å². The molecular formula is C16H11NO3. The van der Waals surface area contributed by atoms with Crippen molar-refractivity contribution in [2.45, 2.75) is 0 Å². The molecule has 98 valence electrons. The van der Waals surface area contributed by atoms with Gasteiger partial charge in [-0.15, -0.1) is 0 Å². The number of hydrogen-bond acceptors (Lipinski definition) is 3. The molecule has 0 amide bonds. The van der Waals surface area contributed by atoms with Crippen molar-refractivity contribution in [1.82, 2.24) is 4.98 Å². The molecule has 0 radical (unpaired) electrons. The quantitative estimate of drug-likeness (QED) is 0.745. The van der Waals surface area contributed by atoms with Crippen LogP contribution in [0.2, 0.25) is 0 Å². The van der Waals surface area contributed by atoms with E-state index in [1.807, 2.05) is 30.3 Å². The molecule has 4 heteroatoms. The van der Waals surface area contributed by atoms with Gasteiger partial charge in [-0.3, -0.25) is 4.98 Å². The Morgan fingerprint density at radius 2 is 1.90 bits per heavy atom. The van der Waals surface area contributed by atoms with Gasteiger partial charge in [0.25, 0.3) is 0 Å². The Labute approximate surface area is 115 Å². The van der Waals surface area contributed by atoms with E-state index in [-0.39, 0.29) is 11.3 Å². The SMILES string of the molecule is O=C(O)c1ccc(-c2ccc3ncccc3c2)c(O)c1. The third-order valence-electron chi connectivity index (χ3n) is 3.16. The molecule has 1 aromatic heterocycles. The molecule has 2 aromatic carbocycles. The Bertz CT molecular complexity index is 812. The van der Waals surface area contributed by atoms with Gasteiger partial charge in [-0.2, -0.15) is 0 Å². The number of fused-ring (bicyclic) bond motifs is 1. The molecule has 0 aliphatic heterocycles. The molecule has 20 heavy (non-hydrogen) atoms. The fourth-order valence-electron chi connectivity index (χ4n) is 2.15. The molecule has 3 rings (SSSR count). The number of hydrogen-bond donors (Lipinski definition) is 2. The van der Waals surface area contributed by atoms with Crippen molar-refractivity contribution in [2.75, 3.05) is 0 Å². The van der Waals surface area contributed by atoms with Crippen LogP contribution >= 0.6 is 0 Å². The normalized spacial score (nSPS) is 10.6. The summed E-state index contributed by atoms with van der Waals surface area (Å²) >= 11 is 0. The molecule has 0 aliphatic carbocycles. The van der Waals surface area contributed by atoms with Crippen LogP contribution < -0.4 is 0 Å². The van der Waals surface area contributed by atoms with Gasteiger partial charge in [0.15, 0.2) is 0 Å². The Morgan fingerprint density at radius 3 is 2.65 bits per heavy atom. The van der Waals surface area contributed by atoms with Crippen molar-refractivity contribution < 1.29 is 15.0 Å². The van der Waals surface area contributed by atoms with Crippen LogP contribution in [0.25, 0.3) is 22.0 Å². The fraction of sp³-hybridized carbons (Fsp3) is 0. The number of aromatic carboxylic acids is 1. The summed E-state index contributed by atoms with van der Waals surface area (Å²) in [5, 5.41) is 19.8. The number of benzene rings is 2. The van der Waals surface area contributed by atoms with E-state index in [9.17, 15) is 9.90 Å². The average Bonchev–Trinajstić information content (AvgIpc) is 2.46. The second-order valence-corrected chi connectivity index (χ2v) is 4.45. The average molecular weight is 265 g/mol. The minimum absolute atomic E-state index is 0.0480. The van der Waals surface area contributed by atoms with E-state index in [0.717, 1.165) is 16.5 Å². The summed E-state index contributed by atoms with van der Waals surface area (Å²) in [6, 6.07) is 13.8. The molecule has 0 aliphatic rings. The first-order valence-corrected chi connectivity index (χ1v) is 6.06. The first-order valence-electron chi connectivity index (χ1n) is 6.06. The van der Waals surface area contributed by atoms with Gasteiger partial charge in [0.2, 0.25) is 0 Å². The molecule has 2 N–H and O–H groups in total. The van der Waals surface area contributed by atoms with Gasteiger partial charge >= 0.3 is 5.97 Å². The molecule has 3 aromatic rings. The van der Waals surface area contributed by atoms with Crippen LogP contribution in [0.1, 0.15) is 10.4 Å². The van der Waals surface area contributed by atoms with E-state index in [1.54, 1.807) is 12.3 Å². The summed E-state index contributed by atoms with van der Waals surface area (Å²) in [4.78, 5) is 15.1. The van der Waals surface area contributed by atoms with E-state index < -0.39 is 5.97 Å². The highest BCUT2D eigenvalue weighted by atomic mass is 16.4. The first kappa shape index (κ1) is 12.2. The second kappa shape index (κ2) is 4.66. The van der Waals surface area contributed by atoms with Crippen molar-refractivity contribution in [2.24, 2.45) is 0 Å². The monoisotopic (exact) mass is 265 g/mol. The number of rotatable bonds is 2. The molecule has 1 heterocycles. The summed E-state index contributed by atoms with van der Waals surface area (Å²) in [5.41, 5.74) is 2.35. The van der Waals surface area contributed by atoms with Gasteiger partial charge in [0.05, 0.1) is 11.1 Å². The maximum Gasteiger partial charge on any atom is 0.335 e. The minimum Gasteiger partial charge on any atom is -0.507 e. The van der Waals surface area contributed by atoms with E-state index in [4.69, 9.17) is 5.11 Å². The third kappa shape index (κ3) is 2.07. The number of carbonyl (C=O) groups is 1. The summed E-state index contributed by atoms with van der Waals surface area (Å²) in [6.07, 6.45) is 1.72. The highest BCUT2D eigenvalue weighted by Crippen LogP contribution is 2.31. The van der Waals surface area contributed by atoms with Gasteiger partial charge in [-0.1, -0.05) is 12.1 Å². The Morgan fingerprint density at radius 1 is 1.05 bits per heavy atom. The lowest BCUT2D eigenvalue weighted by Gasteiger charge is -2.07. The maximum atomic E-state index is 10.9. The zero-order valence-electron chi connectivity index (χ0n) is 10.4. The number of phenols is 1. The van der Waals surface area contributed by atoms with E-state index in [2.05, 4.69) is 4.98 Å². The van der Waals surface area contributed by atoms with E-state index in [1.165, 1.54) is 12.1 Å². The number of phenolic OH excluding ortho intramolecular Hbond substituents is 1. The highest BCUT2D eigenvalue weighted by Gasteiger charge is 2.09. The number of aromatic nitrogens is 1. The number of nitrogens with zero attached hydrogens (tertiary/aromatic N) is 1. The molecular weight excluding hydrogens is 254 g/mol. The zero-order chi connectivity index (χ0) is 14.1. The molecule has 0 bridgehead atoms. The predicted molar refractivity (Wildman–Crippen MR) is 75.8 cm³/mol. The van der Waals surface area contributed by atoms with Crippen LogP contribution in [-0.4, -0.2) is 21.2 Å². The van der Waals surface area contributed by atoms with Crippen LogP contribution in [0.3, 0.4) is 0 Å². The molecule has 0 unspecified atom stereocenters. The van der Waals surface area contributed by atoms with Crippen molar-refractivity contribution in [3.8, 4) is 16.9 Å². The largest absolute Gasteiger partial charge is 0.507 e. The van der Waals surface area contributed by atoms with Crippen molar-refractivity contribution in [3.63, 3.8) is 0 Å². The van der Waals surface area contributed by atoms with Gasteiger partial charge in [-0.25, -0.2) is 4.79 Å². The molecule has 0 saturated heterocycles. The minimum atomic E-state index is -1.06. The first-order chi connectivity index (χ1) is 9.65. The van der Waals surface area contributed by atoms with Gasteiger partial charge < -0.3 is 10.2 Å². The van der Waals surface area contributed by atoms with Crippen LogP contribution in [0, 0.1) is 0 Å². The maximum absolute atomic E-state index is 10.9. The molecule has 0 fully saturated rings. The van der Waals surface area contributed by atoms with Gasteiger partial charge in [0, 0.05) is 17.1 Å². The molecule has 0 saturated carbocycles. The van der Waals surface area contributed by atoms with Crippen LogP contribution in [0.5, 0.6) is 5.75 Å². The number of carboxylic acids is 1. The van der Waals surface area contributed by atoms with Crippen LogP contribution in [0.4, 0.5) is 0 Å². The topological polar surface area (TPSA) is 70.4 Å². The standard InChI is InChI=1S/C16H11NO3/c18-15-9-12(16(19)20)3-5-13(15)10-4-6-14-11(8-10)2-1-7-17-14/h1-9,18H,(H,19,20). The molecule has 0 atom stereocenters. The smallest absolute Gasteiger partial charge is 0.335 e. The molecule has 0 spiro atoms. The van der Waals surface area contributed by atoms with Gasteiger partial charge in [-0.05, 0) is 42.0 Å². The number of pyridine rings is 1. The summed E-state index contributed by atoms with van der Waals surface area (Å²) < 4.78 is 0. The summed E-state index contributed by atoms with van der Waals surface area (Å²) in [6.45, 7) is 0. The van der Waals surface area contributed by atoms with E-state index >= 15 is 0 Å². The number of carboxylic acid groups (broad SMARTS) is 1. The fourth-order valence-corrected chi connectivity index (χ4v) is 2.15. The lowest BCUT2D eigenvalue weighted by atomic mass is 10.0. The number of aromatic hydroxyl groups is 1. The Kier molecular flexibility index (Phi) is 2.84. The summed E-state index contributed by atoms with van der Waals surface area (Å²) in [7, 11) is 0. The third-order valence-corrected chi connectivity index (χ3v) is 3.16. The predicted octanol–water partition coefficient (Wildman–Crippen LogP) is 3.31. The van der Waals surface area contributed by atoms with Crippen molar-refractivity contribution in [1.29, 1.82) is 0 Å². The van der Waals surface area contributed by atoms with E-state index in [0.29, 0.717) is 5.56 Å². The molecule has 4 nitrogen and oxygen atoms in total. The second-order valence-electron chi connectivity index (χ2n) is 4.45. The lowest BCUT2D eigenvalue weighted by molar-refractivity contribution is 0.0696.